The Labute approximate surface area is 480 Å². The molecule has 78 heavy (non-hydrogen) atoms. The summed E-state index contributed by atoms with van der Waals surface area (Å²) < 4.78 is 39.7. The maximum atomic E-state index is 13.0. The van der Waals surface area contributed by atoms with Crippen LogP contribution in [0.3, 0.4) is 0 Å². The standard InChI is InChI=1S/C66H123O11P/c1-4-7-10-13-16-19-22-25-28-31-34-37-40-43-46-49-52-55-64(68)73-59-63(77-66(70)57-54-51-48-45-42-39-36-33-30-27-24-21-18-15-12-9-6-3)61-75-78(71,72)74-60-62(58-67)76-65(69)56-53-50-47-44-41-38-35-32-29-26-23-20-17-14-11-8-5-2/h18,21,26-27,29-30,62-63,67H,4-17,19-20,22-25,28,31-61H2,1-3H3,(H,71,72)/b21-18-,29-26-,30-27-. The Balaban J connectivity index is 4.66. The van der Waals surface area contributed by atoms with E-state index in [-0.39, 0.29) is 25.9 Å². The zero-order valence-electron chi connectivity index (χ0n) is 50.9. The second-order valence-corrected chi connectivity index (χ2v) is 23.7. The van der Waals surface area contributed by atoms with Gasteiger partial charge in [0.2, 0.25) is 0 Å². The third-order valence-electron chi connectivity index (χ3n) is 14.5. The van der Waals surface area contributed by atoms with Gasteiger partial charge in [-0.1, -0.05) is 269 Å². The van der Waals surface area contributed by atoms with Crippen molar-refractivity contribution in [2.45, 2.75) is 341 Å². The van der Waals surface area contributed by atoms with Crippen molar-refractivity contribution in [3.63, 3.8) is 0 Å². The number of carbonyl (C=O) groups is 3. The summed E-state index contributed by atoms with van der Waals surface area (Å²) in [7, 11) is -4.75. The number of carbonyl (C=O) groups excluding carboxylic acids is 3. The van der Waals surface area contributed by atoms with Crippen LogP contribution in [0, 0.1) is 0 Å². The third kappa shape index (κ3) is 58.4. The molecule has 3 atom stereocenters. The van der Waals surface area contributed by atoms with E-state index in [1.54, 1.807) is 0 Å². The summed E-state index contributed by atoms with van der Waals surface area (Å²) in [6.45, 7) is 4.68. The average molecular weight is 1120 g/mol. The number of aliphatic hydroxyl groups is 1. The number of phosphoric ester groups is 1. The van der Waals surface area contributed by atoms with Crippen LogP contribution in [0.4, 0.5) is 0 Å². The van der Waals surface area contributed by atoms with Gasteiger partial charge in [0.15, 0.2) is 6.10 Å². The number of ether oxygens (including phenoxy) is 3. The molecule has 0 aromatic carbocycles. The number of rotatable bonds is 62. The van der Waals surface area contributed by atoms with Crippen molar-refractivity contribution in [1.82, 2.24) is 0 Å². The lowest BCUT2D eigenvalue weighted by molar-refractivity contribution is -0.161. The first-order valence-corrected chi connectivity index (χ1v) is 34.4. The molecule has 12 heteroatoms. The van der Waals surface area contributed by atoms with Crippen LogP contribution >= 0.6 is 7.82 Å². The van der Waals surface area contributed by atoms with Gasteiger partial charge >= 0.3 is 25.7 Å². The van der Waals surface area contributed by atoms with Crippen molar-refractivity contribution in [1.29, 1.82) is 0 Å². The van der Waals surface area contributed by atoms with Crippen LogP contribution < -0.4 is 0 Å². The Bertz CT molecular complexity index is 1450. The van der Waals surface area contributed by atoms with Crippen molar-refractivity contribution >= 4 is 25.7 Å². The van der Waals surface area contributed by atoms with E-state index >= 15 is 0 Å². The van der Waals surface area contributed by atoms with E-state index in [1.165, 1.54) is 186 Å². The predicted octanol–water partition coefficient (Wildman–Crippen LogP) is 19.9. The maximum Gasteiger partial charge on any atom is 0.472 e. The topological polar surface area (TPSA) is 155 Å². The van der Waals surface area contributed by atoms with Crippen LogP contribution in [0.2, 0.25) is 0 Å². The van der Waals surface area contributed by atoms with Gasteiger partial charge in [0.1, 0.15) is 12.7 Å². The van der Waals surface area contributed by atoms with Crippen LogP contribution in [0.15, 0.2) is 36.5 Å². The number of hydrogen-bond donors (Lipinski definition) is 2. The molecule has 0 aromatic heterocycles. The molecule has 0 aromatic rings. The summed E-state index contributed by atoms with van der Waals surface area (Å²) in [4.78, 5) is 48.8. The highest BCUT2D eigenvalue weighted by atomic mass is 31.2. The number of unbranched alkanes of at least 4 members (excludes halogenated alkanes) is 39. The summed E-state index contributed by atoms with van der Waals surface area (Å²) >= 11 is 0. The predicted molar refractivity (Wildman–Crippen MR) is 326 cm³/mol. The molecule has 0 saturated carbocycles. The van der Waals surface area contributed by atoms with Crippen LogP contribution in [0.5, 0.6) is 0 Å². The molecule has 0 rings (SSSR count). The molecule has 0 radical (unpaired) electrons. The molecule has 458 valence electrons. The molecule has 0 heterocycles. The van der Waals surface area contributed by atoms with Gasteiger partial charge < -0.3 is 24.2 Å². The van der Waals surface area contributed by atoms with E-state index in [4.69, 9.17) is 23.3 Å². The summed E-state index contributed by atoms with van der Waals surface area (Å²) in [6, 6.07) is 0. The van der Waals surface area contributed by atoms with Gasteiger partial charge in [-0.3, -0.25) is 23.4 Å². The van der Waals surface area contributed by atoms with Crippen LogP contribution in [0.1, 0.15) is 329 Å². The van der Waals surface area contributed by atoms with E-state index in [9.17, 15) is 28.9 Å². The minimum atomic E-state index is -4.75. The monoisotopic (exact) mass is 1120 g/mol. The molecule has 11 nitrogen and oxygen atoms in total. The summed E-state index contributed by atoms with van der Waals surface area (Å²) in [6.07, 6.45) is 65.2. The SMILES string of the molecule is CCCCC/C=C\C/C=C\CCCCCCCCCC(=O)OC(COC(=O)CCCCCCCCCCCCCCCCCCC)COP(=O)(O)OCC(CO)OC(=O)CCCCCCCCC/C=C\CCCCCCCC. The fraction of sp³-hybridized carbons (Fsp3) is 0.864. The van der Waals surface area contributed by atoms with E-state index in [0.717, 1.165) is 83.5 Å². The smallest absolute Gasteiger partial charge is 0.462 e. The first-order chi connectivity index (χ1) is 38.2. The molecule has 0 bridgehead atoms. The maximum absolute atomic E-state index is 13.0. The highest BCUT2D eigenvalue weighted by Gasteiger charge is 2.28. The number of aliphatic hydroxyl groups excluding tert-OH is 1. The molecule has 0 fully saturated rings. The Morgan fingerprint density at radius 1 is 0.359 bits per heavy atom. The summed E-state index contributed by atoms with van der Waals surface area (Å²) in [5.74, 6) is -1.45. The van der Waals surface area contributed by atoms with Gasteiger partial charge in [0, 0.05) is 19.3 Å². The largest absolute Gasteiger partial charge is 0.472 e. The first kappa shape index (κ1) is 75.7. The van der Waals surface area contributed by atoms with Crippen molar-refractivity contribution in [2.75, 3.05) is 26.4 Å². The van der Waals surface area contributed by atoms with Gasteiger partial charge in [-0.15, -0.1) is 0 Å². The highest BCUT2D eigenvalue weighted by molar-refractivity contribution is 7.47. The molecular weight excluding hydrogens is 1000 g/mol. The molecule has 0 aliphatic rings. The minimum Gasteiger partial charge on any atom is -0.462 e. The number of esters is 3. The second-order valence-electron chi connectivity index (χ2n) is 22.3. The first-order valence-electron chi connectivity index (χ1n) is 32.9. The fourth-order valence-electron chi connectivity index (χ4n) is 9.50. The number of allylic oxidation sites excluding steroid dienone is 6. The minimum absolute atomic E-state index is 0.163. The van der Waals surface area contributed by atoms with Crippen molar-refractivity contribution < 1.29 is 52.2 Å². The zero-order chi connectivity index (χ0) is 56.9. The normalized spacial score (nSPS) is 13.4. The second kappa shape index (κ2) is 60.8. The molecular formula is C66H123O11P. The fourth-order valence-corrected chi connectivity index (χ4v) is 10.3. The van der Waals surface area contributed by atoms with Gasteiger partial charge in [-0.2, -0.15) is 0 Å². The lowest BCUT2D eigenvalue weighted by Crippen LogP contribution is -2.30. The highest BCUT2D eigenvalue weighted by Crippen LogP contribution is 2.43. The Morgan fingerprint density at radius 2 is 0.628 bits per heavy atom. The van der Waals surface area contributed by atoms with Crippen molar-refractivity contribution in [3.8, 4) is 0 Å². The van der Waals surface area contributed by atoms with Crippen molar-refractivity contribution in [3.05, 3.63) is 36.5 Å². The van der Waals surface area contributed by atoms with Gasteiger partial charge in [-0.25, -0.2) is 4.57 Å². The summed E-state index contributed by atoms with van der Waals surface area (Å²) in [5, 5.41) is 9.86. The van der Waals surface area contributed by atoms with Crippen LogP contribution in [0.25, 0.3) is 0 Å². The van der Waals surface area contributed by atoms with E-state index in [1.807, 2.05) is 0 Å². The number of hydrogen-bond acceptors (Lipinski definition) is 10. The Morgan fingerprint density at radius 3 is 0.987 bits per heavy atom. The molecule has 0 spiro atoms. The van der Waals surface area contributed by atoms with Gasteiger partial charge in [-0.05, 0) is 77.0 Å². The van der Waals surface area contributed by atoms with E-state index in [0.29, 0.717) is 19.3 Å². The van der Waals surface area contributed by atoms with Crippen molar-refractivity contribution in [2.24, 2.45) is 0 Å². The Kier molecular flexibility index (Phi) is 59.0. The molecule has 0 saturated heterocycles. The van der Waals surface area contributed by atoms with E-state index < -0.39 is 57.8 Å². The summed E-state index contributed by atoms with van der Waals surface area (Å²) in [5.41, 5.74) is 0. The van der Waals surface area contributed by atoms with Gasteiger partial charge in [0.25, 0.3) is 0 Å². The average Bonchev–Trinajstić information content (AvgIpc) is 3.43. The lowest BCUT2D eigenvalue weighted by Gasteiger charge is -2.21. The third-order valence-corrected chi connectivity index (χ3v) is 15.5. The van der Waals surface area contributed by atoms with E-state index in [2.05, 4.69) is 57.2 Å². The van der Waals surface area contributed by atoms with Crippen LogP contribution in [-0.4, -0.2) is 66.5 Å². The zero-order valence-corrected chi connectivity index (χ0v) is 51.8. The molecule has 2 N–H and O–H groups in total. The molecule has 3 unspecified atom stereocenters. The van der Waals surface area contributed by atoms with Gasteiger partial charge in [0.05, 0.1) is 19.8 Å². The lowest BCUT2D eigenvalue weighted by atomic mass is 10.0. The quantitative estimate of drug-likeness (QED) is 0.0197. The molecule has 0 aliphatic carbocycles. The van der Waals surface area contributed by atoms with Crippen LogP contribution in [-0.2, 0) is 42.2 Å². The number of phosphoric acid groups is 1. The molecule has 0 amide bonds. The Hall–Kier alpha value is -2.30. The molecule has 0 aliphatic heterocycles.